The first kappa shape index (κ1) is 8.21. The van der Waals surface area contributed by atoms with Crippen molar-refractivity contribution in [2.45, 2.75) is 27.2 Å². The van der Waals surface area contributed by atoms with Crippen molar-refractivity contribution in [2.75, 3.05) is 0 Å². The Labute approximate surface area is 55.5 Å². The smallest absolute Gasteiger partial charge is 0.298 e. The number of carbonyl (C=O) groups excluding carboxylic acids is 1. The first-order valence-electron chi connectivity index (χ1n) is 2.99. The second-order valence-electron chi connectivity index (χ2n) is 1.90. The lowest BCUT2D eigenvalue weighted by Crippen LogP contribution is -1.87. The van der Waals surface area contributed by atoms with Crippen molar-refractivity contribution in [2.24, 2.45) is 0 Å². The molecule has 0 aliphatic rings. The van der Waals surface area contributed by atoms with Crippen molar-refractivity contribution in [3.8, 4) is 0 Å². The Balaban J connectivity index is 3.92. The van der Waals surface area contributed by atoms with Crippen LogP contribution in [-0.2, 0) is 9.53 Å². The Hall–Kier alpha value is -0.790. The fourth-order valence-electron chi connectivity index (χ4n) is 0.422. The highest BCUT2D eigenvalue weighted by molar-refractivity contribution is 5.40. The van der Waals surface area contributed by atoms with Gasteiger partial charge in [0.25, 0.3) is 6.47 Å². The molecule has 9 heavy (non-hydrogen) atoms. The summed E-state index contributed by atoms with van der Waals surface area (Å²) in [6.45, 7) is 6.20. The minimum Gasteiger partial charge on any atom is -0.434 e. The van der Waals surface area contributed by atoms with Gasteiger partial charge in [0.2, 0.25) is 0 Å². The Morgan fingerprint density at radius 2 is 2.11 bits per heavy atom. The molecule has 0 radical (unpaired) electrons. The Bertz CT molecular complexity index is 125. The number of allylic oxidation sites excluding steroid dienone is 2. The number of rotatable bonds is 3. The molecule has 0 spiro atoms. The number of hydrogen-bond acceptors (Lipinski definition) is 2. The molecule has 0 unspecified atom stereocenters. The van der Waals surface area contributed by atoms with E-state index in [1.165, 1.54) is 0 Å². The van der Waals surface area contributed by atoms with Gasteiger partial charge in [-0.1, -0.05) is 6.92 Å². The normalized spacial score (nSPS) is 12.3. The molecule has 0 aliphatic carbocycles. The second-order valence-corrected chi connectivity index (χ2v) is 1.90. The van der Waals surface area contributed by atoms with Crippen LogP contribution in [0.4, 0.5) is 0 Å². The third-order valence-corrected chi connectivity index (χ3v) is 1.36. The van der Waals surface area contributed by atoms with Crippen LogP contribution in [0.15, 0.2) is 11.3 Å². The van der Waals surface area contributed by atoms with E-state index in [0.717, 1.165) is 12.0 Å². The van der Waals surface area contributed by atoms with Gasteiger partial charge in [-0.2, -0.15) is 0 Å². The molecule has 2 nitrogen and oxygen atoms in total. The summed E-state index contributed by atoms with van der Waals surface area (Å²) < 4.78 is 4.59. The molecule has 0 rings (SSSR count). The zero-order valence-electron chi connectivity index (χ0n) is 6.10. The lowest BCUT2D eigenvalue weighted by atomic mass is 10.2. The Morgan fingerprint density at radius 3 is 2.44 bits per heavy atom. The molecular formula is C7H12O2. The van der Waals surface area contributed by atoms with E-state index in [-0.39, 0.29) is 0 Å². The Kier molecular flexibility index (Phi) is 3.76. The van der Waals surface area contributed by atoms with Gasteiger partial charge in [-0.05, 0) is 25.8 Å². The van der Waals surface area contributed by atoms with Gasteiger partial charge in [-0.25, -0.2) is 0 Å². The van der Waals surface area contributed by atoms with Crippen LogP contribution in [0.2, 0.25) is 0 Å². The van der Waals surface area contributed by atoms with Crippen LogP contribution in [0, 0.1) is 0 Å². The van der Waals surface area contributed by atoms with Gasteiger partial charge in [0.05, 0.1) is 0 Å². The third kappa shape index (κ3) is 2.90. The van der Waals surface area contributed by atoms with Gasteiger partial charge < -0.3 is 4.74 Å². The standard InChI is InChI=1S/C7H12O2/c1-4-6(2)7(3)9-5-8/h5H,4H2,1-3H3. The van der Waals surface area contributed by atoms with Crippen LogP contribution < -0.4 is 0 Å². The average Bonchev–Trinajstić information content (AvgIpc) is 1.87. The maximum atomic E-state index is 9.78. The summed E-state index contributed by atoms with van der Waals surface area (Å²) in [6.07, 6.45) is 0.930. The molecule has 0 fully saturated rings. The molecule has 0 saturated heterocycles. The van der Waals surface area contributed by atoms with Crippen LogP contribution in [0.5, 0.6) is 0 Å². The SMILES string of the molecule is CCC(C)=C(C)OC=O. The molecule has 0 aliphatic heterocycles. The fourth-order valence-corrected chi connectivity index (χ4v) is 0.422. The molecule has 0 N–H and O–H groups in total. The predicted octanol–water partition coefficient (Wildman–Crippen LogP) is 1.86. The van der Waals surface area contributed by atoms with Gasteiger partial charge in [-0.3, -0.25) is 4.79 Å². The van der Waals surface area contributed by atoms with E-state index in [1.807, 2.05) is 13.8 Å². The third-order valence-electron chi connectivity index (χ3n) is 1.36. The lowest BCUT2D eigenvalue weighted by Gasteiger charge is -2.00. The van der Waals surface area contributed by atoms with E-state index in [9.17, 15) is 4.79 Å². The van der Waals surface area contributed by atoms with Crippen molar-refractivity contribution >= 4 is 6.47 Å². The van der Waals surface area contributed by atoms with Crippen molar-refractivity contribution < 1.29 is 9.53 Å². The molecule has 0 aromatic rings. The summed E-state index contributed by atoms with van der Waals surface area (Å²) >= 11 is 0. The van der Waals surface area contributed by atoms with E-state index in [1.54, 1.807) is 6.92 Å². The summed E-state index contributed by atoms with van der Waals surface area (Å²) in [7, 11) is 0. The van der Waals surface area contributed by atoms with Gasteiger partial charge in [0.1, 0.15) is 5.76 Å². The van der Waals surface area contributed by atoms with Crippen LogP contribution in [0.1, 0.15) is 27.2 Å². The maximum Gasteiger partial charge on any atom is 0.298 e. The quantitative estimate of drug-likeness (QED) is 0.428. The molecule has 0 aromatic heterocycles. The summed E-state index contributed by atoms with van der Waals surface area (Å²) in [5.41, 5.74) is 1.11. The van der Waals surface area contributed by atoms with Crippen LogP contribution in [-0.4, -0.2) is 6.47 Å². The van der Waals surface area contributed by atoms with E-state index in [4.69, 9.17) is 0 Å². The van der Waals surface area contributed by atoms with E-state index >= 15 is 0 Å². The van der Waals surface area contributed by atoms with E-state index in [0.29, 0.717) is 12.2 Å². The molecule has 0 aromatic carbocycles. The number of carbonyl (C=O) groups is 1. The van der Waals surface area contributed by atoms with Gasteiger partial charge in [0, 0.05) is 0 Å². The predicted molar refractivity (Wildman–Crippen MR) is 35.8 cm³/mol. The van der Waals surface area contributed by atoms with Crippen molar-refractivity contribution in [3.05, 3.63) is 11.3 Å². The van der Waals surface area contributed by atoms with Crippen molar-refractivity contribution in [1.82, 2.24) is 0 Å². The highest BCUT2D eigenvalue weighted by Gasteiger charge is 1.92. The highest BCUT2D eigenvalue weighted by Crippen LogP contribution is 2.06. The monoisotopic (exact) mass is 128 g/mol. The maximum absolute atomic E-state index is 9.78. The van der Waals surface area contributed by atoms with Gasteiger partial charge in [-0.15, -0.1) is 0 Å². The van der Waals surface area contributed by atoms with E-state index < -0.39 is 0 Å². The highest BCUT2D eigenvalue weighted by atomic mass is 16.5. The summed E-state index contributed by atoms with van der Waals surface area (Å²) in [4.78, 5) is 9.78. The van der Waals surface area contributed by atoms with Crippen molar-refractivity contribution in [3.63, 3.8) is 0 Å². The summed E-state index contributed by atoms with van der Waals surface area (Å²) in [5, 5.41) is 0. The Morgan fingerprint density at radius 1 is 1.56 bits per heavy atom. The fraction of sp³-hybridized carbons (Fsp3) is 0.571. The van der Waals surface area contributed by atoms with Crippen molar-refractivity contribution in [1.29, 1.82) is 0 Å². The molecule has 52 valence electrons. The molecule has 0 saturated carbocycles. The molecular weight excluding hydrogens is 116 g/mol. The largest absolute Gasteiger partial charge is 0.434 e. The average molecular weight is 128 g/mol. The zero-order valence-corrected chi connectivity index (χ0v) is 6.10. The van der Waals surface area contributed by atoms with E-state index in [2.05, 4.69) is 4.74 Å². The first-order chi connectivity index (χ1) is 4.22. The molecule has 0 atom stereocenters. The molecule has 0 amide bonds. The molecule has 0 bridgehead atoms. The lowest BCUT2D eigenvalue weighted by molar-refractivity contribution is -0.125. The van der Waals surface area contributed by atoms with Gasteiger partial charge in [0.15, 0.2) is 0 Å². The molecule has 2 heteroatoms. The topological polar surface area (TPSA) is 26.3 Å². The van der Waals surface area contributed by atoms with Crippen LogP contribution >= 0.6 is 0 Å². The number of hydrogen-bond donors (Lipinski definition) is 0. The molecule has 0 heterocycles. The summed E-state index contributed by atoms with van der Waals surface area (Å²) in [5.74, 6) is 0.715. The minimum absolute atomic E-state index is 0.453. The van der Waals surface area contributed by atoms with Gasteiger partial charge >= 0.3 is 0 Å². The summed E-state index contributed by atoms with van der Waals surface area (Å²) in [6, 6.07) is 0. The first-order valence-corrected chi connectivity index (χ1v) is 2.99. The van der Waals surface area contributed by atoms with Crippen LogP contribution in [0.3, 0.4) is 0 Å². The second kappa shape index (κ2) is 4.13. The zero-order chi connectivity index (χ0) is 7.28. The number of ether oxygens (including phenoxy) is 1. The van der Waals surface area contributed by atoms with Crippen LogP contribution in [0.25, 0.3) is 0 Å². The minimum atomic E-state index is 0.453.